The van der Waals surface area contributed by atoms with Gasteiger partial charge >= 0.3 is 0 Å². The van der Waals surface area contributed by atoms with Gasteiger partial charge in [0.15, 0.2) is 10.9 Å². The topological polar surface area (TPSA) is 34.9 Å². The van der Waals surface area contributed by atoms with Gasteiger partial charge in [-0.05, 0) is 29.0 Å². The minimum absolute atomic E-state index is 0.123. The number of aryl methyl sites for hydroxylation is 1. The molecule has 0 aliphatic heterocycles. The molecule has 0 unspecified atom stereocenters. The maximum Gasteiger partial charge on any atom is 0.173 e. The molecule has 4 aromatic rings. The lowest BCUT2D eigenvalue weighted by molar-refractivity contribution is 0.102. The second kappa shape index (κ2) is 6.13. The van der Waals surface area contributed by atoms with Gasteiger partial charge in [-0.1, -0.05) is 60.3 Å². The predicted octanol–water partition coefficient (Wildman–Crippen LogP) is 4.70. The van der Waals surface area contributed by atoms with Crippen molar-refractivity contribution in [2.75, 3.05) is 5.75 Å². The molecule has 0 saturated heterocycles. The highest BCUT2D eigenvalue weighted by Crippen LogP contribution is 2.24. The number of hydrogen-bond donors (Lipinski definition) is 0. The van der Waals surface area contributed by atoms with Crippen LogP contribution in [0.15, 0.2) is 71.9 Å². The van der Waals surface area contributed by atoms with Gasteiger partial charge in [0.1, 0.15) is 0 Å². The molecule has 0 aliphatic carbocycles. The van der Waals surface area contributed by atoms with Crippen LogP contribution in [0.1, 0.15) is 10.4 Å². The van der Waals surface area contributed by atoms with Gasteiger partial charge in [0.05, 0.1) is 16.8 Å². The Kier molecular flexibility index (Phi) is 3.82. The van der Waals surface area contributed by atoms with E-state index in [0.29, 0.717) is 5.75 Å². The highest BCUT2D eigenvalue weighted by Gasteiger charge is 2.12. The summed E-state index contributed by atoms with van der Waals surface area (Å²) >= 11 is 1.48. The molecule has 0 fully saturated rings. The van der Waals surface area contributed by atoms with Crippen molar-refractivity contribution in [3.05, 3.63) is 72.3 Å². The Labute approximate surface area is 144 Å². The summed E-state index contributed by atoms with van der Waals surface area (Å²) in [6.45, 7) is 0. The Hall–Kier alpha value is -2.59. The van der Waals surface area contributed by atoms with Crippen molar-refractivity contribution in [2.24, 2.45) is 7.05 Å². The molecule has 0 atom stereocenters. The molecule has 0 amide bonds. The van der Waals surface area contributed by atoms with Crippen LogP contribution in [-0.2, 0) is 7.05 Å². The molecule has 118 valence electrons. The number of aromatic nitrogens is 2. The van der Waals surface area contributed by atoms with Crippen molar-refractivity contribution in [3.63, 3.8) is 0 Å². The molecule has 0 N–H and O–H groups in total. The SMILES string of the molecule is Cn1c(SCC(=O)c2ccc3ccccc3c2)nc2ccccc21. The van der Waals surface area contributed by atoms with Crippen molar-refractivity contribution >= 4 is 39.4 Å². The molecule has 0 bridgehead atoms. The normalized spacial score (nSPS) is 11.2. The number of para-hydroxylation sites is 2. The van der Waals surface area contributed by atoms with E-state index in [9.17, 15) is 4.79 Å². The number of thioether (sulfide) groups is 1. The van der Waals surface area contributed by atoms with Gasteiger partial charge in [0.25, 0.3) is 0 Å². The third-order valence-corrected chi connectivity index (χ3v) is 5.18. The van der Waals surface area contributed by atoms with Gasteiger partial charge < -0.3 is 4.57 Å². The standard InChI is InChI=1S/C20H16N2OS/c1-22-18-9-5-4-8-17(18)21-20(22)24-13-19(23)16-11-10-14-6-2-3-7-15(14)12-16/h2-12H,13H2,1H3. The molecule has 0 aliphatic rings. The van der Waals surface area contributed by atoms with Gasteiger partial charge in [0.2, 0.25) is 0 Å². The third kappa shape index (κ3) is 2.69. The zero-order chi connectivity index (χ0) is 16.5. The van der Waals surface area contributed by atoms with Crippen molar-refractivity contribution in [2.45, 2.75) is 5.16 Å². The second-order valence-corrected chi connectivity index (χ2v) is 6.66. The smallest absolute Gasteiger partial charge is 0.173 e. The Bertz CT molecular complexity index is 1050. The summed E-state index contributed by atoms with van der Waals surface area (Å²) in [5, 5.41) is 3.11. The number of ketones is 1. The Morgan fingerprint density at radius 1 is 1.00 bits per heavy atom. The van der Waals surface area contributed by atoms with Gasteiger partial charge in [-0.25, -0.2) is 4.98 Å². The molecule has 4 rings (SSSR count). The maximum absolute atomic E-state index is 12.5. The van der Waals surface area contributed by atoms with E-state index in [2.05, 4.69) is 11.1 Å². The first-order chi connectivity index (χ1) is 11.7. The van der Waals surface area contributed by atoms with Crippen LogP contribution in [0.2, 0.25) is 0 Å². The van der Waals surface area contributed by atoms with Crippen LogP contribution < -0.4 is 0 Å². The van der Waals surface area contributed by atoms with E-state index >= 15 is 0 Å². The molecule has 0 radical (unpaired) electrons. The van der Waals surface area contributed by atoms with Crippen LogP contribution in [-0.4, -0.2) is 21.1 Å². The number of carbonyl (C=O) groups is 1. The summed E-state index contributed by atoms with van der Waals surface area (Å²) < 4.78 is 2.04. The van der Waals surface area contributed by atoms with E-state index in [4.69, 9.17) is 0 Å². The summed E-state index contributed by atoms with van der Waals surface area (Å²) in [6, 6.07) is 22.0. The van der Waals surface area contributed by atoms with Crippen molar-refractivity contribution < 1.29 is 4.79 Å². The predicted molar refractivity (Wildman–Crippen MR) is 99.7 cm³/mol. The first-order valence-corrected chi connectivity index (χ1v) is 8.77. The average Bonchev–Trinajstić information content (AvgIpc) is 2.95. The number of nitrogens with zero attached hydrogens (tertiary/aromatic N) is 2. The summed E-state index contributed by atoms with van der Waals surface area (Å²) in [4.78, 5) is 17.1. The molecule has 0 spiro atoms. The zero-order valence-electron chi connectivity index (χ0n) is 13.3. The summed E-state index contributed by atoms with van der Waals surface area (Å²) in [5.74, 6) is 0.507. The van der Waals surface area contributed by atoms with Crippen molar-refractivity contribution in [3.8, 4) is 0 Å². The van der Waals surface area contributed by atoms with Crippen molar-refractivity contribution in [1.82, 2.24) is 9.55 Å². The molecular formula is C20H16N2OS. The molecule has 1 heterocycles. The number of rotatable bonds is 4. The quantitative estimate of drug-likeness (QED) is 0.401. The van der Waals surface area contributed by atoms with Gasteiger partial charge in [-0.3, -0.25) is 4.79 Å². The van der Waals surface area contributed by atoms with Crippen LogP contribution in [0.5, 0.6) is 0 Å². The number of hydrogen-bond acceptors (Lipinski definition) is 3. The van der Waals surface area contributed by atoms with Crippen LogP contribution in [0.3, 0.4) is 0 Å². The molecule has 0 saturated carbocycles. The Morgan fingerprint density at radius 3 is 2.58 bits per heavy atom. The number of benzene rings is 3. The van der Waals surface area contributed by atoms with E-state index in [1.807, 2.05) is 72.3 Å². The zero-order valence-corrected chi connectivity index (χ0v) is 14.1. The lowest BCUT2D eigenvalue weighted by Gasteiger charge is -2.04. The number of imidazole rings is 1. The van der Waals surface area contributed by atoms with E-state index in [1.165, 1.54) is 11.8 Å². The molecule has 3 nitrogen and oxygen atoms in total. The lowest BCUT2D eigenvalue weighted by Crippen LogP contribution is -2.03. The molecule has 24 heavy (non-hydrogen) atoms. The van der Waals surface area contributed by atoms with Gasteiger partial charge in [-0.2, -0.15) is 0 Å². The van der Waals surface area contributed by atoms with Crippen LogP contribution in [0, 0.1) is 0 Å². The second-order valence-electron chi connectivity index (χ2n) is 5.72. The monoisotopic (exact) mass is 332 g/mol. The fourth-order valence-corrected chi connectivity index (χ4v) is 3.71. The van der Waals surface area contributed by atoms with Crippen LogP contribution in [0.25, 0.3) is 21.8 Å². The fourth-order valence-electron chi connectivity index (χ4n) is 2.83. The van der Waals surface area contributed by atoms with Gasteiger partial charge in [-0.15, -0.1) is 0 Å². The number of fused-ring (bicyclic) bond motifs is 2. The van der Waals surface area contributed by atoms with E-state index in [1.54, 1.807) is 0 Å². The maximum atomic E-state index is 12.5. The highest BCUT2D eigenvalue weighted by molar-refractivity contribution is 7.99. The first-order valence-electron chi connectivity index (χ1n) is 7.78. The van der Waals surface area contributed by atoms with Crippen LogP contribution >= 0.6 is 11.8 Å². The minimum Gasteiger partial charge on any atom is -0.322 e. The fraction of sp³-hybridized carbons (Fsp3) is 0.100. The molecule has 4 heteroatoms. The number of carbonyl (C=O) groups excluding carboxylic acids is 1. The number of Topliss-reactive ketones (excluding diaryl/α,β-unsaturated/α-hetero) is 1. The summed E-state index contributed by atoms with van der Waals surface area (Å²) in [6.07, 6.45) is 0. The minimum atomic E-state index is 0.123. The Balaban J connectivity index is 1.55. The van der Waals surface area contributed by atoms with Gasteiger partial charge in [0, 0.05) is 12.6 Å². The molecular weight excluding hydrogens is 316 g/mol. The van der Waals surface area contributed by atoms with E-state index < -0.39 is 0 Å². The Morgan fingerprint density at radius 2 is 1.75 bits per heavy atom. The van der Waals surface area contributed by atoms with Crippen molar-refractivity contribution in [1.29, 1.82) is 0 Å². The third-order valence-electron chi connectivity index (χ3n) is 4.15. The van der Waals surface area contributed by atoms with E-state index in [0.717, 1.165) is 32.5 Å². The van der Waals surface area contributed by atoms with E-state index in [-0.39, 0.29) is 5.78 Å². The van der Waals surface area contributed by atoms with Crippen LogP contribution in [0.4, 0.5) is 0 Å². The molecule has 1 aromatic heterocycles. The lowest BCUT2D eigenvalue weighted by atomic mass is 10.1. The molecule has 3 aromatic carbocycles. The summed E-state index contributed by atoms with van der Waals surface area (Å²) in [5.41, 5.74) is 2.79. The summed E-state index contributed by atoms with van der Waals surface area (Å²) in [7, 11) is 1.98. The average molecular weight is 332 g/mol. The first kappa shape index (κ1) is 15.0. The largest absolute Gasteiger partial charge is 0.322 e. The highest BCUT2D eigenvalue weighted by atomic mass is 32.2.